The van der Waals surface area contributed by atoms with Crippen molar-refractivity contribution in [3.63, 3.8) is 0 Å². The minimum Gasteiger partial charge on any atom is -0.467 e. The van der Waals surface area contributed by atoms with E-state index < -0.39 is 23.7 Å². The van der Waals surface area contributed by atoms with Gasteiger partial charge in [-0.15, -0.1) is 0 Å². The molecule has 4 rings (SSSR count). The first-order valence-corrected chi connectivity index (χ1v) is 10.1. The number of carbonyl (C=O) groups excluding carboxylic acids is 3. The molecule has 1 aromatic heterocycles. The number of rotatable bonds is 7. The molecule has 2 aromatic rings. The first-order valence-electron chi connectivity index (χ1n) is 10.1. The summed E-state index contributed by atoms with van der Waals surface area (Å²) in [6, 6.07) is 11.4. The molecule has 29 heavy (non-hydrogen) atoms. The lowest BCUT2D eigenvalue weighted by Crippen LogP contribution is -3.14. The van der Waals surface area contributed by atoms with Crippen LogP contribution < -0.4 is 4.90 Å². The molecule has 0 bridgehead atoms. The van der Waals surface area contributed by atoms with Gasteiger partial charge < -0.3 is 19.0 Å². The molecule has 2 atom stereocenters. The van der Waals surface area contributed by atoms with E-state index in [9.17, 15) is 14.4 Å². The van der Waals surface area contributed by atoms with Crippen molar-refractivity contribution in [1.29, 1.82) is 0 Å². The standard InChI is InChI=1S/C22H24N2O5/c25-20(16-6-2-1-3-7-16)18-19(17-8-4-13-29-17)24(22(27)21(18)26)10-5-9-23-11-14-28-15-12-23/h1-4,6-8,13,18-19H,5,9-12,14-15H2/p+1. The number of nitrogens with zero attached hydrogens (tertiary/aromatic N) is 1. The minimum absolute atomic E-state index is 0.341. The van der Waals surface area contributed by atoms with Crippen molar-refractivity contribution in [1.82, 2.24) is 4.90 Å². The van der Waals surface area contributed by atoms with Crippen molar-refractivity contribution in [2.45, 2.75) is 12.5 Å². The summed E-state index contributed by atoms with van der Waals surface area (Å²) in [6.07, 6.45) is 2.25. The molecule has 1 N–H and O–H groups in total. The molecule has 0 aliphatic carbocycles. The predicted octanol–water partition coefficient (Wildman–Crippen LogP) is 0.536. The molecule has 2 aliphatic heterocycles. The zero-order chi connectivity index (χ0) is 20.2. The summed E-state index contributed by atoms with van der Waals surface area (Å²) in [6.45, 7) is 4.70. The summed E-state index contributed by atoms with van der Waals surface area (Å²) >= 11 is 0. The van der Waals surface area contributed by atoms with Gasteiger partial charge in [0.15, 0.2) is 5.78 Å². The number of ketones is 2. The van der Waals surface area contributed by atoms with Gasteiger partial charge in [-0.25, -0.2) is 0 Å². The van der Waals surface area contributed by atoms with Gasteiger partial charge >= 0.3 is 0 Å². The Kier molecular flexibility index (Phi) is 5.87. The van der Waals surface area contributed by atoms with Crippen LogP contribution in [0, 0.1) is 5.92 Å². The van der Waals surface area contributed by atoms with E-state index in [0.717, 1.165) is 39.3 Å². The SMILES string of the molecule is O=C1C(=O)N(CCC[NH+]2CCOCC2)C(c2ccco2)C1C(=O)c1ccccc1. The highest BCUT2D eigenvalue weighted by atomic mass is 16.5. The van der Waals surface area contributed by atoms with Gasteiger partial charge in [-0.2, -0.15) is 0 Å². The topological polar surface area (TPSA) is 81.3 Å². The van der Waals surface area contributed by atoms with Crippen LogP contribution in [0.25, 0.3) is 0 Å². The number of benzene rings is 1. The number of quaternary nitrogens is 1. The Bertz CT molecular complexity index is 859. The monoisotopic (exact) mass is 397 g/mol. The minimum atomic E-state index is -1.08. The van der Waals surface area contributed by atoms with E-state index >= 15 is 0 Å². The Morgan fingerprint density at radius 3 is 2.52 bits per heavy atom. The number of hydrogen-bond donors (Lipinski definition) is 1. The van der Waals surface area contributed by atoms with Crippen LogP contribution in [-0.4, -0.2) is 61.8 Å². The fourth-order valence-electron chi connectivity index (χ4n) is 4.20. The third kappa shape index (κ3) is 4.02. The normalized spacial score (nSPS) is 23.0. The van der Waals surface area contributed by atoms with Crippen LogP contribution in [0.15, 0.2) is 53.1 Å². The molecule has 1 amide bonds. The fraction of sp³-hybridized carbons (Fsp3) is 0.409. The van der Waals surface area contributed by atoms with Crippen LogP contribution in [0.5, 0.6) is 0 Å². The molecule has 0 radical (unpaired) electrons. The Balaban J connectivity index is 1.54. The van der Waals surface area contributed by atoms with Crippen LogP contribution in [0.4, 0.5) is 0 Å². The molecule has 152 valence electrons. The molecule has 2 saturated heterocycles. The summed E-state index contributed by atoms with van der Waals surface area (Å²) in [7, 11) is 0. The third-order valence-corrected chi connectivity index (χ3v) is 5.71. The molecule has 1 aromatic carbocycles. The molecule has 3 heterocycles. The van der Waals surface area contributed by atoms with Crippen LogP contribution in [0.3, 0.4) is 0 Å². The number of Topliss-reactive ketones (excluding diaryl/α,β-unsaturated/α-hetero) is 2. The summed E-state index contributed by atoms with van der Waals surface area (Å²) in [5.41, 5.74) is 0.426. The van der Waals surface area contributed by atoms with E-state index in [-0.39, 0.29) is 5.78 Å². The average molecular weight is 397 g/mol. The van der Waals surface area contributed by atoms with Gasteiger partial charge in [-0.05, 0) is 12.1 Å². The van der Waals surface area contributed by atoms with Gasteiger partial charge in [0.05, 0.1) is 26.0 Å². The van der Waals surface area contributed by atoms with Crippen molar-refractivity contribution in [2.75, 3.05) is 39.4 Å². The molecule has 2 unspecified atom stereocenters. The van der Waals surface area contributed by atoms with Gasteiger partial charge in [0.25, 0.3) is 5.91 Å². The Morgan fingerprint density at radius 1 is 1.07 bits per heavy atom. The molecule has 7 nitrogen and oxygen atoms in total. The number of nitrogens with one attached hydrogen (secondary N) is 1. The van der Waals surface area contributed by atoms with Crippen LogP contribution in [0.2, 0.25) is 0 Å². The van der Waals surface area contributed by atoms with E-state index in [1.54, 1.807) is 36.4 Å². The van der Waals surface area contributed by atoms with Crippen molar-refractivity contribution >= 4 is 17.5 Å². The van der Waals surface area contributed by atoms with E-state index in [4.69, 9.17) is 9.15 Å². The van der Waals surface area contributed by atoms with Gasteiger partial charge in [0.1, 0.15) is 30.8 Å². The number of furan rings is 1. The van der Waals surface area contributed by atoms with Crippen LogP contribution in [0.1, 0.15) is 28.6 Å². The zero-order valence-electron chi connectivity index (χ0n) is 16.2. The van der Waals surface area contributed by atoms with E-state index in [2.05, 4.69) is 0 Å². The molecule has 2 fully saturated rings. The molecular formula is C22H25N2O5+. The average Bonchev–Trinajstić information content (AvgIpc) is 3.37. The second-order valence-electron chi connectivity index (χ2n) is 7.50. The Morgan fingerprint density at radius 2 is 1.83 bits per heavy atom. The molecule has 0 saturated carbocycles. The highest BCUT2D eigenvalue weighted by molar-refractivity contribution is 6.44. The zero-order valence-corrected chi connectivity index (χ0v) is 16.2. The second-order valence-corrected chi connectivity index (χ2v) is 7.50. The predicted molar refractivity (Wildman–Crippen MR) is 103 cm³/mol. The molecule has 2 aliphatic rings. The maximum atomic E-state index is 13.1. The van der Waals surface area contributed by atoms with Crippen molar-refractivity contribution in [2.24, 2.45) is 5.92 Å². The number of carbonyl (C=O) groups is 3. The number of likely N-dealkylation sites (tertiary alicyclic amines) is 1. The van der Waals surface area contributed by atoms with Crippen LogP contribution >= 0.6 is 0 Å². The third-order valence-electron chi connectivity index (χ3n) is 5.71. The summed E-state index contributed by atoms with van der Waals surface area (Å²) in [5, 5.41) is 0. The second kappa shape index (κ2) is 8.71. The smallest absolute Gasteiger partial charge is 0.291 e. The first-order chi connectivity index (χ1) is 14.2. The van der Waals surface area contributed by atoms with E-state index in [1.807, 2.05) is 6.07 Å². The Hall–Kier alpha value is -2.77. The molecule has 0 spiro atoms. The van der Waals surface area contributed by atoms with Gasteiger partial charge in [-0.3, -0.25) is 14.4 Å². The van der Waals surface area contributed by atoms with E-state index in [0.29, 0.717) is 17.9 Å². The van der Waals surface area contributed by atoms with Crippen LogP contribution in [-0.2, 0) is 14.3 Å². The summed E-state index contributed by atoms with van der Waals surface area (Å²) in [5.74, 6) is -2.20. The quantitative estimate of drug-likeness (QED) is 0.419. The summed E-state index contributed by atoms with van der Waals surface area (Å²) in [4.78, 5) is 41.7. The summed E-state index contributed by atoms with van der Waals surface area (Å²) < 4.78 is 10.9. The van der Waals surface area contributed by atoms with Gasteiger partial charge in [0, 0.05) is 18.5 Å². The highest BCUT2D eigenvalue weighted by Gasteiger charge is 2.52. The Labute approximate surface area is 169 Å². The number of morpholine rings is 1. The van der Waals surface area contributed by atoms with Gasteiger partial charge in [0.2, 0.25) is 5.78 Å². The van der Waals surface area contributed by atoms with Gasteiger partial charge in [-0.1, -0.05) is 30.3 Å². The maximum Gasteiger partial charge on any atom is 0.291 e. The fourth-order valence-corrected chi connectivity index (χ4v) is 4.20. The van der Waals surface area contributed by atoms with Crippen molar-refractivity contribution in [3.05, 3.63) is 60.1 Å². The molecular weight excluding hydrogens is 372 g/mol. The van der Waals surface area contributed by atoms with Crippen molar-refractivity contribution < 1.29 is 28.4 Å². The molecule has 7 heteroatoms. The lowest BCUT2D eigenvalue weighted by molar-refractivity contribution is -0.908. The maximum absolute atomic E-state index is 13.1. The number of ether oxygens (including phenoxy) is 1. The lowest BCUT2D eigenvalue weighted by atomic mass is 9.89. The van der Waals surface area contributed by atoms with E-state index in [1.165, 1.54) is 16.1 Å². The highest BCUT2D eigenvalue weighted by Crippen LogP contribution is 2.38. The van der Waals surface area contributed by atoms with Crippen molar-refractivity contribution in [3.8, 4) is 0 Å². The number of hydrogen-bond acceptors (Lipinski definition) is 5. The largest absolute Gasteiger partial charge is 0.467 e. The number of amides is 1. The lowest BCUT2D eigenvalue weighted by Gasteiger charge is -2.27. The first kappa shape index (κ1) is 19.5.